The number of carbonyl (C=O) groups is 2. The SMILES string of the molecule is CC(C)(C)CC(=O)Cc1cccc(CN2C(=O)C(c3ccccc3)(c3ccccc3)N=C2N)c1. The molecule has 0 spiro atoms. The lowest BCUT2D eigenvalue weighted by Gasteiger charge is -2.27. The first-order chi connectivity index (χ1) is 16.2. The molecule has 174 valence electrons. The van der Waals surface area contributed by atoms with Gasteiger partial charge in [0.25, 0.3) is 5.91 Å². The molecule has 1 aliphatic heterocycles. The second kappa shape index (κ2) is 9.26. The second-order valence-corrected chi connectivity index (χ2v) is 10.1. The topological polar surface area (TPSA) is 75.8 Å². The number of guanidine groups is 1. The van der Waals surface area contributed by atoms with Crippen LogP contribution in [0.3, 0.4) is 0 Å². The van der Waals surface area contributed by atoms with Crippen molar-refractivity contribution in [3.8, 4) is 0 Å². The highest BCUT2D eigenvalue weighted by atomic mass is 16.2. The van der Waals surface area contributed by atoms with Gasteiger partial charge in [-0.3, -0.25) is 14.5 Å². The number of ketones is 1. The smallest absolute Gasteiger partial charge is 0.266 e. The average molecular weight is 454 g/mol. The van der Waals surface area contributed by atoms with E-state index < -0.39 is 5.54 Å². The highest BCUT2D eigenvalue weighted by molar-refractivity contribution is 6.09. The first-order valence-electron chi connectivity index (χ1n) is 11.6. The summed E-state index contributed by atoms with van der Waals surface area (Å²) in [7, 11) is 0. The van der Waals surface area contributed by atoms with Crippen LogP contribution in [0.15, 0.2) is 89.9 Å². The molecule has 3 aromatic carbocycles. The summed E-state index contributed by atoms with van der Waals surface area (Å²) < 4.78 is 0. The Morgan fingerprint density at radius 2 is 1.44 bits per heavy atom. The zero-order valence-corrected chi connectivity index (χ0v) is 20.0. The Bertz CT molecular complexity index is 1170. The number of hydrogen-bond acceptors (Lipinski definition) is 4. The number of amides is 1. The predicted molar refractivity (Wildman–Crippen MR) is 135 cm³/mol. The van der Waals surface area contributed by atoms with Gasteiger partial charge in [-0.05, 0) is 27.7 Å². The number of aliphatic imine (C=N–C) groups is 1. The molecule has 0 fully saturated rings. The first kappa shape index (κ1) is 23.4. The normalized spacial score (nSPS) is 15.3. The zero-order valence-electron chi connectivity index (χ0n) is 20.0. The van der Waals surface area contributed by atoms with Crippen molar-refractivity contribution < 1.29 is 9.59 Å². The van der Waals surface area contributed by atoms with Gasteiger partial charge < -0.3 is 5.73 Å². The molecule has 34 heavy (non-hydrogen) atoms. The third-order valence-electron chi connectivity index (χ3n) is 5.96. The van der Waals surface area contributed by atoms with Gasteiger partial charge in [-0.15, -0.1) is 0 Å². The molecule has 0 saturated carbocycles. The van der Waals surface area contributed by atoms with Gasteiger partial charge in [-0.25, -0.2) is 4.99 Å². The Morgan fingerprint density at radius 1 is 0.882 bits per heavy atom. The summed E-state index contributed by atoms with van der Waals surface area (Å²) in [6, 6.07) is 26.9. The second-order valence-electron chi connectivity index (χ2n) is 10.1. The van der Waals surface area contributed by atoms with E-state index in [1.807, 2.05) is 84.9 Å². The van der Waals surface area contributed by atoms with Crippen molar-refractivity contribution in [3.05, 3.63) is 107 Å². The van der Waals surface area contributed by atoms with Gasteiger partial charge >= 0.3 is 0 Å². The summed E-state index contributed by atoms with van der Waals surface area (Å²) in [5.74, 6) is 0.207. The van der Waals surface area contributed by atoms with Gasteiger partial charge in [0.1, 0.15) is 5.78 Å². The fourth-order valence-corrected chi connectivity index (χ4v) is 4.54. The molecule has 2 N–H and O–H groups in total. The van der Waals surface area contributed by atoms with E-state index in [1.54, 1.807) is 0 Å². The third-order valence-corrected chi connectivity index (χ3v) is 5.96. The minimum atomic E-state index is -1.22. The van der Waals surface area contributed by atoms with E-state index in [0.717, 1.165) is 22.3 Å². The van der Waals surface area contributed by atoms with Crippen LogP contribution in [0.4, 0.5) is 0 Å². The summed E-state index contributed by atoms with van der Waals surface area (Å²) in [4.78, 5) is 32.7. The molecule has 0 aliphatic carbocycles. The van der Waals surface area contributed by atoms with Crippen molar-refractivity contribution in [1.82, 2.24) is 4.90 Å². The van der Waals surface area contributed by atoms with E-state index in [1.165, 1.54) is 4.90 Å². The predicted octanol–water partition coefficient (Wildman–Crippen LogP) is 4.84. The van der Waals surface area contributed by atoms with Crippen LogP contribution in [0.25, 0.3) is 0 Å². The van der Waals surface area contributed by atoms with Crippen molar-refractivity contribution in [1.29, 1.82) is 0 Å². The Morgan fingerprint density at radius 3 is 2.00 bits per heavy atom. The van der Waals surface area contributed by atoms with Crippen LogP contribution >= 0.6 is 0 Å². The van der Waals surface area contributed by atoms with Gasteiger partial charge in [0, 0.05) is 12.8 Å². The first-order valence-corrected chi connectivity index (χ1v) is 11.6. The lowest BCUT2D eigenvalue weighted by atomic mass is 9.83. The fourth-order valence-electron chi connectivity index (χ4n) is 4.54. The maximum Gasteiger partial charge on any atom is 0.266 e. The minimum absolute atomic E-state index is 0.0419. The number of rotatable bonds is 7. The lowest BCUT2D eigenvalue weighted by molar-refractivity contribution is -0.130. The summed E-state index contributed by atoms with van der Waals surface area (Å²) in [6.07, 6.45) is 0.901. The molecule has 1 amide bonds. The molecule has 0 atom stereocenters. The molecule has 0 radical (unpaired) electrons. The van der Waals surface area contributed by atoms with E-state index >= 15 is 0 Å². The molecule has 0 unspecified atom stereocenters. The Kier molecular flexibility index (Phi) is 6.38. The monoisotopic (exact) mass is 453 g/mol. The van der Waals surface area contributed by atoms with Gasteiger partial charge in [0.15, 0.2) is 11.5 Å². The molecule has 1 heterocycles. The van der Waals surface area contributed by atoms with E-state index in [0.29, 0.717) is 12.8 Å². The van der Waals surface area contributed by atoms with Crippen molar-refractivity contribution >= 4 is 17.6 Å². The molecule has 3 aromatic rings. The van der Waals surface area contributed by atoms with Gasteiger partial charge in [0.05, 0.1) is 6.54 Å². The largest absolute Gasteiger partial charge is 0.369 e. The van der Waals surface area contributed by atoms with Crippen LogP contribution in [-0.2, 0) is 28.1 Å². The summed E-state index contributed by atoms with van der Waals surface area (Å²) in [5.41, 5.74) is 8.49. The fraction of sp³-hybridized carbons (Fsp3) is 0.276. The molecular formula is C29H31N3O2. The van der Waals surface area contributed by atoms with Crippen LogP contribution in [-0.4, -0.2) is 22.5 Å². The summed E-state index contributed by atoms with van der Waals surface area (Å²) in [5, 5.41) is 0. The van der Waals surface area contributed by atoms with Crippen LogP contribution in [0.5, 0.6) is 0 Å². The number of benzene rings is 3. The molecule has 0 bridgehead atoms. The Hall–Kier alpha value is -3.73. The maximum atomic E-state index is 13.9. The van der Waals surface area contributed by atoms with E-state index in [-0.39, 0.29) is 29.6 Å². The number of nitrogens with zero attached hydrogens (tertiary/aromatic N) is 2. The molecule has 5 nitrogen and oxygen atoms in total. The third kappa shape index (κ3) is 4.79. The number of Topliss-reactive ketones (excluding diaryl/α,β-unsaturated/α-hetero) is 1. The van der Waals surface area contributed by atoms with E-state index in [4.69, 9.17) is 10.7 Å². The van der Waals surface area contributed by atoms with Crippen molar-refractivity contribution in [2.45, 2.75) is 45.7 Å². The lowest BCUT2D eigenvalue weighted by Crippen LogP contribution is -2.43. The summed E-state index contributed by atoms with van der Waals surface area (Å²) in [6.45, 7) is 6.48. The van der Waals surface area contributed by atoms with Crippen LogP contribution in [0.2, 0.25) is 0 Å². The van der Waals surface area contributed by atoms with Gasteiger partial charge in [-0.2, -0.15) is 0 Å². The highest BCUT2D eigenvalue weighted by Gasteiger charge is 2.50. The average Bonchev–Trinajstić information content (AvgIpc) is 3.05. The molecule has 1 aliphatic rings. The Labute approximate surface area is 201 Å². The zero-order chi connectivity index (χ0) is 24.3. The Balaban J connectivity index is 1.62. The quantitative estimate of drug-likeness (QED) is 0.556. The minimum Gasteiger partial charge on any atom is -0.369 e. The standard InChI is InChI=1S/C29H31N3O2/c1-28(2,3)19-25(33)18-21-11-10-12-22(17-21)20-32-26(34)29(31-27(32)30,23-13-6-4-7-14-23)24-15-8-5-9-16-24/h4-17H,18-20H2,1-3H3,(H2,30,31). The van der Waals surface area contributed by atoms with Crippen LogP contribution < -0.4 is 5.73 Å². The van der Waals surface area contributed by atoms with Crippen molar-refractivity contribution in [2.75, 3.05) is 0 Å². The van der Waals surface area contributed by atoms with E-state index in [2.05, 4.69) is 20.8 Å². The number of hydrogen-bond donors (Lipinski definition) is 1. The van der Waals surface area contributed by atoms with Crippen LogP contribution in [0.1, 0.15) is 49.4 Å². The molecule has 0 aromatic heterocycles. The number of carbonyl (C=O) groups excluding carboxylic acids is 2. The van der Waals surface area contributed by atoms with E-state index in [9.17, 15) is 9.59 Å². The highest BCUT2D eigenvalue weighted by Crippen LogP contribution is 2.40. The molecular weight excluding hydrogens is 422 g/mol. The molecule has 5 heteroatoms. The van der Waals surface area contributed by atoms with Crippen LogP contribution in [0, 0.1) is 5.41 Å². The molecule has 0 saturated heterocycles. The maximum absolute atomic E-state index is 13.9. The summed E-state index contributed by atoms with van der Waals surface area (Å²) >= 11 is 0. The van der Waals surface area contributed by atoms with Crippen molar-refractivity contribution in [2.24, 2.45) is 16.1 Å². The number of nitrogens with two attached hydrogens (primary N) is 1. The molecule has 4 rings (SSSR count). The van der Waals surface area contributed by atoms with Crippen molar-refractivity contribution in [3.63, 3.8) is 0 Å². The van der Waals surface area contributed by atoms with Gasteiger partial charge in [0.2, 0.25) is 0 Å². The van der Waals surface area contributed by atoms with Gasteiger partial charge in [-0.1, -0.05) is 106 Å².